The Hall–Kier alpha value is -4.92. The molecule has 0 bridgehead atoms. The fraction of sp³-hybridized carbons (Fsp3) is 0.400. The molecule has 0 radical (unpaired) electrons. The maximum Gasteiger partial charge on any atom is 0.161 e. The highest BCUT2D eigenvalue weighted by Crippen LogP contribution is 2.32. The fourth-order valence-corrected chi connectivity index (χ4v) is 5.14. The van der Waals surface area contributed by atoms with Gasteiger partial charge in [0.2, 0.25) is 0 Å². The molecule has 2 heterocycles. The lowest BCUT2D eigenvalue weighted by atomic mass is 9.98. The zero-order valence-electron chi connectivity index (χ0n) is 29.2. The molecule has 0 fully saturated rings. The van der Waals surface area contributed by atoms with Crippen LogP contribution >= 0.6 is 0 Å². The first-order valence-electron chi connectivity index (χ1n) is 17.3. The molecule has 0 amide bonds. The highest BCUT2D eigenvalue weighted by atomic mass is 16.6. The number of hydrogen-bond donors (Lipinski definition) is 0. The number of fused-ring (bicyclic) bond motifs is 2. The Morgan fingerprint density at radius 1 is 0.385 bits per heavy atom. The van der Waals surface area contributed by atoms with Crippen LogP contribution in [-0.4, -0.2) is 106 Å². The first-order chi connectivity index (χ1) is 25.7. The highest BCUT2D eigenvalue weighted by Gasteiger charge is 2.12. The van der Waals surface area contributed by atoms with Gasteiger partial charge in [0.05, 0.1) is 103 Å². The summed E-state index contributed by atoms with van der Waals surface area (Å²) in [6, 6.07) is 23.0. The average molecular weight is 713 g/mol. The molecule has 12 heteroatoms. The molecular weight excluding hydrogens is 668 g/mol. The first kappa shape index (κ1) is 38.3. The van der Waals surface area contributed by atoms with Gasteiger partial charge in [0.1, 0.15) is 26.4 Å². The monoisotopic (exact) mass is 712 g/mol. The van der Waals surface area contributed by atoms with Crippen LogP contribution in [-0.2, 0) is 28.4 Å². The molecule has 52 heavy (non-hydrogen) atoms. The topological polar surface area (TPSA) is 140 Å². The number of benzene rings is 3. The molecule has 0 unspecified atom stereocenters. The van der Waals surface area contributed by atoms with Crippen LogP contribution in [0.3, 0.4) is 0 Å². The largest absolute Gasteiger partial charge is 0.487 e. The number of ether oxygens (including phenoxy) is 10. The lowest BCUT2D eigenvalue weighted by Gasteiger charge is -2.14. The summed E-state index contributed by atoms with van der Waals surface area (Å²) in [5.41, 5.74) is 3.84. The van der Waals surface area contributed by atoms with Crippen molar-refractivity contribution in [3.05, 3.63) is 82.9 Å². The molecule has 2 aliphatic rings. The van der Waals surface area contributed by atoms with E-state index in [1.165, 1.54) is 0 Å². The summed E-state index contributed by atoms with van der Waals surface area (Å²) < 4.78 is 57.0. The number of nitriles is 2. The summed E-state index contributed by atoms with van der Waals surface area (Å²) in [5, 5.41) is 20.2. The molecule has 0 N–H and O–H groups in total. The molecule has 2 aliphatic heterocycles. The minimum atomic E-state index is 0.328. The van der Waals surface area contributed by atoms with Crippen molar-refractivity contribution in [2.24, 2.45) is 0 Å². The zero-order valence-corrected chi connectivity index (χ0v) is 29.2. The van der Waals surface area contributed by atoms with Gasteiger partial charge in [-0.1, -0.05) is 36.4 Å². The van der Waals surface area contributed by atoms with Crippen LogP contribution < -0.4 is 18.9 Å². The van der Waals surface area contributed by atoms with E-state index in [0.717, 1.165) is 11.1 Å². The van der Waals surface area contributed by atoms with Gasteiger partial charge < -0.3 is 47.4 Å². The van der Waals surface area contributed by atoms with E-state index >= 15 is 0 Å². The van der Waals surface area contributed by atoms with Gasteiger partial charge in [-0.25, -0.2) is 0 Å². The molecule has 0 saturated heterocycles. The molecule has 3 aromatic rings. The molecule has 0 aromatic heterocycles. The van der Waals surface area contributed by atoms with E-state index in [9.17, 15) is 10.5 Å². The third kappa shape index (κ3) is 12.7. The number of rotatable bonds is 4. The van der Waals surface area contributed by atoms with Gasteiger partial charge in [-0.15, -0.1) is 0 Å². The SMILES string of the molecule is N#C/C(=C\c1ccc2c(c1)OCCOCCOCCOCCO2)c1ccc(/C(C#N)=C/c2ccc3c(c2)OCCOCCOCCOCCO3)cc1. The molecule has 12 nitrogen and oxygen atoms in total. The van der Waals surface area contributed by atoms with E-state index in [-0.39, 0.29) is 0 Å². The predicted molar refractivity (Wildman–Crippen MR) is 193 cm³/mol. The molecule has 3 aromatic carbocycles. The summed E-state index contributed by atoms with van der Waals surface area (Å²) in [5.74, 6) is 2.24. The maximum atomic E-state index is 10.1. The summed E-state index contributed by atoms with van der Waals surface area (Å²) in [4.78, 5) is 0. The maximum absolute atomic E-state index is 10.1. The third-order valence-corrected chi connectivity index (χ3v) is 7.73. The van der Waals surface area contributed by atoms with Crippen LogP contribution in [0.2, 0.25) is 0 Å². The van der Waals surface area contributed by atoms with Crippen molar-refractivity contribution in [2.75, 3.05) is 106 Å². The lowest BCUT2D eigenvalue weighted by molar-refractivity contribution is 0.00708. The standard InChI is InChI=1S/C40H44N2O10/c41-29-35(25-31-1-7-37-39(27-31)51-23-19-47-15-11-43-9-13-45-17-21-49-37)33-3-5-34(6-4-33)36(30-42)26-32-2-8-38-40(28-32)52-24-20-48-16-12-44-10-14-46-18-22-50-38/h1-8,25-28H,9-24H2/b35-25+,36-26+. The number of allylic oxidation sites excluding steroid dienone is 2. The molecule has 5 rings (SSSR count). The zero-order chi connectivity index (χ0) is 36.1. The summed E-state index contributed by atoms with van der Waals surface area (Å²) in [7, 11) is 0. The van der Waals surface area contributed by atoms with E-state index in [4.69, 9.17) is 47.4 Å². The van der Waals surface area contributed by atoms with E-state index in [2.05, 4.69) is 12.1 Å². The Morgan fingerprint density at radius 3 is 0.981 bits per heavy atom. The van der Waals surface area contributed by atoms with Gasteiger partial charge >= 0.3 is 0 Å². The van der Waals surface area contributed by atoms with Gasteiger partial charge in [-0.2, -0.15) is 10.5 Å². The molecule has 0 aliphatic carbocycles. The van der Waals surface area contributed by atoms with Crippen LogP contribution in [0.5, 0.6) is 23.0 Å². The van der Waals surface area contributed by atoms with Crippen molar-refractivity contribution in [3.8, 4) is 35.1 Å². The molecule has 0 spiro atoms. The summed E-state index contributed by atoms with van der Waals surface area (Å²) >= 11 is 0. The van der Waals surface area contributed by atoms with E-state index in [1.54, 1.807) is 12.2 Å². The van der Waals surface area contributed by atoms with E-state index < -0.39 is 0 Å². The Kier molecular flexibility index (Phi) is 16.3. The van der Waals surface area contributed by atoms with Crippen molar-refractivity contribution in [2.45, 2.75) is 0 Å². The molecule has 274 valence electrons. The normalized spacial score (nSPS) is 17.9. The van der Waals surface area contributed by atoms with Crippen molar-refractivity contribution < 1.29 is 47.4 Å². The van der Waals surface area contributed by atoms with Crippen LogP contribution in [0.15, 0.2) is 60.7 Å². The first-order valence-corrected chi connectivity index (χ1v) is 17.3. The minimum Gasteiger partial charge on any atom is -0.487 e. The molecule has 0 saturated carbocycles. The van der Waals surface area contributed by atoms with Gasteiger partial charge in [0.25, 0.3) is 0 Å². The highest BCUT2D eigenvalue weighted by molar-refractivity contribution is 5.92. The van der Waals surface area contributed by atoms with Crippen molar-refractivity contribution >= 4 is 23.3 Å². The second-order valence-electron chi connectivity index (χ2n) is 11.4. The van der Waals surface area contributed by atoms with E-state index in [1.807, 2.05) is 60.7 Å². The van der Waals surface area contributed by atoms with Gasteiger partial charge in [0, 0.05) is 0 Å². The predicted octanol–water partition coefficient (Wildman–Crippen LogP) is 5.46. The average Bonchev–Trinajstić information content (AvgIpc) is 3.19. The Balaban J connectivity index is 1.29. The van der Waals surface area contributed by atoms with E-state index in [0.29, 0.717) is 151 Å². The van der Waals surface area contributed by atoms with Gasteiger partial charge in [-0.3, -0.25) is 0 Å². The van der Waals surface area contributed by atoms with Crippen LogP contribution in [0.1, 0.15) is 22.3 Å². The quantitative estimate of drug-likeness (QED) is 0.251. The smallest absolute Gasteiger partial charge is 0.161 e. The Labute approximate surface area is 304 Å². The Morgan fingerprint density at radius 2 is 0.673 bits per heavy atom. The third-order valence-electron chi connectivity index (χ3n) is 7.73. The van der Waals surface area contributed by atoms with Gasteiger partial charge in [-0.05, 0) is 58.7 Å². The van der Waals surface area contributed by atoms with Crippen molar-refractivity contribution in [1.82, 2.24) is 0 Å². The van der Waals surface area contributed by atoms with Crippen LogP contribution in [0, 0.1) is 22.7 Å². The Bertz CT molecular complexity index is 1570. The molecular formula is C40H44N2O10. The molecule has 0 atom stereocenters. The summed E-state index contributed by atoms with van der Waals surface area (Å²) in [6.07, 6.45) is 3.58. The van der Waals surface area contributed by atoms with Gasteiger partial charge in [0.15, 0.2) is 23.0 Å². The number of hydrogen-bond acceptors (Lipinski definition) is 12. The fourth-order valence-electron chi connectivity index (χ4n) is 5.14. The lowest BCUT2D eigenvalue weighted by Crippen LogP contribution is -2.13. The van der Waals surface area contributed by atoms with Crippen molar-refractivity contribution in [3.63, 3.8) is 0 Å². The second kappa shape index (κ2) is 22.1. The second-order valence-corrected chi connectivity index (χ2v) is 11.4. The minimum absolute atomic E-state index is 0.328. The van der Waals surface area contributed by atoms with Crippen LogP contribution in [0.4, 0.5) is 0 Å². The van der Waals surface area contributed by atoms with Crippen LogP contribution in [0.25, 0.3) is 23.3 Å². The number of nitrogens with zero attached hydrogens (tertiary/aromatic N) is 2. The van der Waals surface area contributed by atoms with Crippen molar-refractivity contribution in [1.29, 1.82) is 10.5 Å². The summed E-state index contributed by atoms with van der Waals surface area (Å²) in [6.45, 7) is 6.84.